The van der Waals surface area contributed by atoms with E-state index in [1.54, 1.807) is 20.8 Å². The number of amides is 3. The second-order valence-corrected chi connectivity index (χ2v) is 6.66. The Bertz CT molecular complexity index is 614. The number of rotatable bonds is 3. The highest BCUT2D eigenvalue weighted by Gasteiger charge is 2.26. The number of carbonyl (C=O) groups excluding carboxylic acids is 3. The van der Waals surface area contributed by atoms with E-state index >= 15 is 0 Å². The highest BCUT2D eigenvalue weighted by molar-refractivity contribution is 5.94. The van der Waals surface area contributed by atoms with E-state index < -0.39 is 0 Å². The molecule has 0 bridgehead atoms. The molecule has 0 saturated carbocycles. The molecule has 25 heavy (non-hydrogen) atoms. The van der Waals surface area contributed by atoms with Crippen LogP contribution in [0.3, 0.4) is 0 Å². The van der Waals surface area contributed by atoms with Crippen LogP contribution in [0.4, 0.5) is 0 Å². The summed E-state index contributed by atoms with van der Waals surface area (Å²) < 4.78 is 4.97. The van der Waals surface area contributed by atoms with E-state index in [1.807, 2.05) is 0 Å². The largest absolute Gasteiger partial charge is 0.472 e. The Morgan fingerprint density at radius 2 is 1.76 bits per heavy atom. The lowest BCUT2D eigenvalue weighted by atomic mass is 10.2. The van der Waals surface area contributed by atoms with Gasteiger partial charge in [-0.05, 0) is 25.3 Å². The minimum atomic E-state index is -0.0641. The summed E-state index contributed by atoms with van der Waals surface area (Å²) in [5.41, 5.74) is 0.537. The Labute approximate surface area is 147 Å². The lowest BCUT2D eigenvalue weighted by Gasteiger charge is -2.26. The Balaban J connectivity index is 1.54. The number of hydrogen-bond acceptors (Lipinski definition) is 4. The number of carbonyl (C=O) groups is 3. The van der Waals surface area contributed by atoms with Crippen molar-refractivity contribution in [3.05, 3.63) is 24.2 Å². The summed E-state index contributed by atoms with van der Waals surface area (Å²) in [5, 5.41) is 0. The van der Waals surface area contributed by atoms with Gasteiger partial charge in [-0.25, -0.2) is 0 Å². The van der Waals surface area contributed by atoms with Crippen molar-refractivity contribution in [3.8, 4) is 0 Å². The van der Waals surface area contributed by atoms with Gasteiger partial charge in [-0.3, -0.25) is 14.4 Å². The third-order valence-electron chi connectivity index (χ3n) is 4.90. The molecule has 0 radical (unpaired) electrons. The molecule has 0 unspecified atom stereocenters. The summed E-state index contributed by atoms with van der Waals surface area (Å²) in [5.74, 6) is -0.00367. The fourth-order valence-electron chi connectivity index (χ4n) is 3.41. The zero-order valence-corrected chi connectivity index (χ0v) is 14.5. The lowest BCUT2D eigenvalue weighted by molar-refractivity contribution is -0.140. The molecule has 3 heterocycles. The molecule has 7 heteroatoms. The van der Waals surface area contributed by atoms with Crippen LogP contribution >= 0.6 is 0 Å². The molecule has 0 aromatic carbocycles. The highest BCUT2D eigenvalue weighted by atomic mass is 16.3. The third-order valence-corrected chi connectivity index (χ3v) is 4.90. The lowest BCUT2D eigenvalue weighted by Crippen LogP contribution is -2.44. The van der Waals surface area contributed by atoms with Gasteiger partial charge in [0.15, 0.2) is 0 Å². The molecule has 136 valence electrons. The van der Waals surface area contributed by atoms with Crippen molar-refractivity contribution in [3.63, 3.8) is 0 Å². The van der Waals surface area contributed by atoms with E-state index in [1.165, 1.54) is 12.5 Å². The summed E-state index contributed by atoms with van der Waals surface area (Å²) >= 11 is 0. The van der Waals surface area contributed by atoms with Crippen molar-refractivity contribution in [1.29, 1.82) is 0 Å². The first-order valence-electron chi connectivity index (χ1n) is 9.02. The van der Waals surface area contributed by atoms with Gasteiger partial charge >= 0.3 is 0 Å². The van der Waals surface area contributed by atoms with Crippen LogP contribution in [-0.2, 0) is 9.59 Å². The highest BCUT2D eigenvalue weighted by Crippen LogP contribution is 2.13. The van der Waals surface area contributed by atoms with Crippen LogP contribution in [0.25, 0.3) is 0 Å². The van der Waals surface area contributed by atoms with Crippen molar-refractivity contribution < 1.29 is 18.8 Å². The molecule has 0 aliphatic carbocycles. The van der Waals surface area contributed by atoms with Crippen LogP contribution in [0.5, 0.6) is 0 Å². The average Bonchev–Trinajstić information content (AvgIpc) is 2.93. The topological polar surface area (TPSA) is 74.1 Å². The van der Waals surface area contributed by atoms with Crippen molar-refractivity contribution >= 4 is 17.7 Å². The van der Waals surface area contributed by atoms with Gasteiger partial charge in [0.1, 0.15) is 6.26 Å². The Morgan fingerprint density at radius 3 is 2.56 bits per heavy atom. The van der Waals surface area contributed by atoms with Crippen molar-refractivity contribution in [2.45, 2.75) is 32.1 Å². The maximum atomic E-state index is 12.6. The fourth-order valence-corrected chi connectivity index (χ4v) is 3.41. The van der Waals surface area contributed by atoms with E-state index in [0.717, 1.165) is 25.7 Å². The Morgan fingerprint density at radius 1 is 0.960 bits per heavy atom. The van der Waals surface area contributed by atoms with Crippen LogP contribution in [0.15, 0.2) is 23.0 Å². The Hall–Kier alpha value is -2.31. The molecule has 7 nitrogen and oxygen atoms in total. The minimum Gasteiger partial charge on any atom is -0.472 e. The predicted octanol–water partition coefficient (Wildman–Crippen LogP) is 1.36. The molecule has 1 aromatic rings. The average molecular weight is 347 g/mol. The van der Waals surface area contributed by atoms with E-state index in [2.05, 4.69) is 0 Å². The van der Waals surface area contributed by atoms with Crippen LogP contribution in [-0.4, -0.2) is 71.7 Å². The van der Waals surface area contributed by atoms with E-state index in [9.17, 15) is 14.4 Å². The molecule has 2 saturated heterocycles. The first-order chi connectivity index (χ1) is 12.1. The zero-order valence-electron chi connectivity index (χ0n) is 14.5. The number of nitrogens with zero attached hydrogens (tertiary/aromatic N) is 3. The van der Waals surface area contributed by atoms with Crippen molar-refractivity contribution in [2.75, 3.05) is 39.3 Å². The monoisotopic (exact) mass is 347 g/mol. The molecule has 3 amide bonds. The van der Waals surface area contributed by atoms with Crippen molar-refractivity contribution in [2.24, 2.45) is 0 Å². The number of likely N-dealkylation sites (tertiary alicyclic amines) is 1. The van der Waals surface area contributed by atoms with Gasteiger partial charge in [0.05, 0.1) is 18.4 Å². The maximum Gasteiger partial charge on any atom is 0.257 e. The molecule has 0 atom stereocenters. The molecular weight excluding hydrogens is 322 g/mol. The quantitative estimate of drug-likeness (QED) is 0.827. The molecule has 0 N–H and O–H groups in total. The van der Waals surface area contributed by atoms with Gasteiger partial charge in [0.25, 0.3) is 5.91 Å². The van der Waals surface area contributed by atoms with Gasteiger partial charge in [-0.2, -0.15) is 0 Å². The first-order valence-corrected chi connectivity index (χ1v) is 9.02. The summed E-state index contributed by atoms with van der Waals surface area (Å²) in [7, 11) is 0. The van der Waals surface area contributed by atoms with E-state index in [4.69, 9.17) is 4.42 Å². The van der Waals surface area contributed by atoms with Crippen LogP contribution in [0.2, 0.25) is 0 Å². The Kier molecular flexibility index (Phi) is 5.73. The molecule has 3 rings (SSSR count). The SMILES string of the molecule is O=C(CN1CCCCCC1=O)N1CCCN(C(=O)c2ccoc2)CC1. The molecular formula is C18H25N3O4. The molecule has 2 fully saturated rings. The van der Waals surface area contributed by atoms with Gasteiger partial charge in [0.2, 0.25) is 11.8 Å². The van der Waals surface area contributed by atoms with Crippen LogP contribution in [0.1, 0.15) is 42.5 Å². The van der Waals surface area contributed by atoms with Gasteiger partial charge in [-0.15, -0.1) is 0 Å². The van der Waals surface area contributed by atoms with Gasteiger partial charge in [0, 0.05) is 39.1 Å². The normalized spacial score (nSPS) is 19.5. The van der Waals surface area contributed by atoms with Crippen LogP contribution < -0.4 is 0 Å². The second kappa shape index (κ2) is 8.18. The second-order valence-electron chi connectivity index (χ2n) is 6.66. The smallest absolute Gasteiger partial charge is 0.257 e. The van der Waals surface area contributed by atoms with Gasteiger partial charge < -0.3 is 19.1 Å². The zero-order chi connectivity index (χ0) is 17.6. The molecule has 2 aliphatic heterocycles. The third kappa shape index (κ3) is 4.41. The summed E-state index contributed by atoms with van der Waals surface area (Å²) in [6.45, 7) is 3.08. The fraction of sp³-hybridized carbons (Fsp3) is 0.611. The van der Waals surface area contributed by atoms with Crippen molar-refractivity contribution in [1.82, 2.24) is 14.7 Å². The standard InChI is InChI=1S/C18H25N3O4/c22-16-5-2-1-3-7-21(16)13-17(23)19-8-4-9-20(11-10-19)18(24)15-6-12-25-14-15/h6,12,14H,1-5,7-11,13H2. The number of furan rings is 1. The predicted molar refractivity (Wildman–Crippen MR) is 90.9 cm³/mol. The molecule has 2 aliphatic rings. The minimum absolute atomic E-state index is 0.0205. The first kappa shape index (κ1) is 17.5. The van der Waals surface area contributed by atoms with Crippen LogP contribution in [0, 0.1) is 0 Å². The summed E-state index contributed by atoms with van der Waals surface area (Å²) in [6.07, 6.45) is 7.14. The molecule has 0 spiro atoms. The van der Waals surface area contributed by atoms with E-state index in [-0.39, 0.29) is 24.3 Å². The van der Waals surface area contributed by atoms with Gasteiger partial charge in [-0.1, -0.05) is 6.42 Å². The maximum absolute atomic E-state index is 12.6. The summed E-state index contributed by atoms with van der Waals surface area (Å²) in [4.78, 5) is 42.3. The molecule has 1 aromatic heterocycles. The number of hydrogen-bond donors (Lipinski definition) is 0. The van der Waals surface area contributed by atoms with E-state index in [0.29, 0.717) is 44.7 Å². The summed E-state index contributed by atoms with van der Waals surface area (Å²) in [6, 6.07) is 1.65.